The average molecular weight is 601 g/mol. The zero-order chi connectivity index (χ0) is 31.1. The highest BCUT2D eigenvalue weighted by Crippen LogP contribution is 2.68. The maximum Gasteiger partial charge on any atom is 0.320 e. The van der Waals surface area contributed by atoms with E-state index in [1.165, 1.54) is 0 Å². The number of esters is 2. The molecule has 4 aromatic rings. The first-order chi connectivity index (χ1) is 21.9. The van der Waals surface area contributed by atoms with E-state index in [1.54, 1.807) is 13.8 Å². The van der Waals surface area contributed by atoms with Crippen LogP contribution in [-0.2, 0) is 46.1 Å². The highest BCUT2D eigenvalue weighted by atomic mass is 16.6. The lowest BCUT2D eigenvalue weighted by Gasteiger charge is -2.54. The summed E-state index contributed by atoms with van der Waals surface area (Å²) in [7, 11) is 0. The number of rotatable bonds is 5. The van der Waals surface area contributed by atoms with Gasteiger partial charge in [0.05, 0.1) is 13.2 Å². The van der Waals surface area contributed by atoms with Crippen LogP contribution in [0.5, 0.6) is 5.75 Å². The van der Waals surface area contributed by atoms with Gasteiger partial charge in [0, 0.05) is 35.3 Å². The minimum Gasteiger partial charge on any atom is -0.473 e. The third kappa shape index (κ3) is 3.41. The van der Waals surface area contributed by atoms with Crippen molar-refractivity contribution in [1.29, 1.82) is 0 Å². The number of hydrogen-bond donors (Lipinski definition) is 0. The number of Topliss-reactive ketones (excluding diaryl/α,β-unsaturated/α-hetero) is 2. The summed E-state index contributed by atoms with van der Waals surface area (Å²) in [5.41, 5.74) is 0.615. The molecule has 226 valence electrons. The molecular formula is C38H32O7. The summed E-state index contributed by atoms with van der Waals surface area (Å²) in [4.78, 5) is 58.0. The van der Waals surface area contributed by atoms with E-state index in [9.17, 15) is 14.4 Å². The molecule has 1 heterocycles. The van der Waals surface area contributed by atoms with Crippen LogP contribution in [0.4, 0.5) is 0 Å². The number of carbonyl (C=O) groups is 4. The van der Waals surface area contributed by atoms with Gasteiger partial charge in [-0.1, -0.05) is 78.9 Å². The Morgan fingerprint density at radius 2 is 1.47 bits per heavy atom. The van der Waals surface area contributed by atoms with E-state index in [2.05, 4.69) is 0 Å². The molecule has 9 rings (SSSR count). The Kier molecular flexibility index (Phi) is 6.08. The molecule has 0 amide bonds. The van der Waals surface area contributed by atoms with Gasteiger partial charge in [0.15, 0.2) is 17.5 Å². The third-order valence-electron chi connectivity index (χ3n) is 10.6. The second kappa shape index (κ2) is 9.86. The summed E-state index contributed by atoms with van der Waals surface area (Å²) in [5, 5.41) is 1.96. The molecule has 1 fully saturated rings. The van der Waals surface area contributed by atoms with Crippen LogP contribution in [0, 0.1) is 11.8 Å². The number of ether oxygens (including phenoxy) is 3. The zero-order valence-corrected chi connectivity index (χ0v) is 25.1. The molecule has 1 aliphatic heterocycles. The topological polar surface area (TPSA) is 96.0 Å². The summed E-state index contributed by atoms with van der Waals surface area (Å²) in [5.74, 6) is -4.96. The molecule has 45 heavy (non-hydrogen) atoms. The first kappa shape index (κ1) is 27.7. The Hall–Kier alpha value is -4.78. The van der Waals surface area contributed by atoms with Gasteiger partial charge in [-0.15, -0.1) is 0 Å². The van der Waals surface area contributed by atoms with Gasteiger partial charge in [-0.2, -0.15) is 0 Å². The predicted molar refractivity (Wildman–Crippen MR) is 165 cm³/mol. The van der Waals surface area contributed by atoms with Gasteiger partial charge in [0.1, 0.15) is 11.2 Å². The van der Waals surface area contributed by atoms with E-state index < -0.39 is 46.6 Å². The SMILES string of the molecule is CCOC(=O)C(C(=O)OCC)[C@H]1c2ccccc2[C@]23Cc4c(ccc5ccccc45)O[C@]24C(=O)C[C@@H](c2ccccc24)[C@H]1C3=O. The monoisotopic (exact) mass is 600 g/mol. The Morgan fingerprint density at radius 1 is 0.822 bits per heavy atom. The maximum absolute atomic E-state index is 15.7. The third-order valence-corrected chi connectivity index (χ3v) is 10.6. The Labute approximate surface area is 260 Å². The summed E-state index contributed by atoms with van der Waals surface area (Å²) >= 11 is 0. The second-order valence-corrected chi connectivity index (χ2v) is 12.4. The minimum absolute atomic E-state index is 0.0426. The lowest BCUT2D eigenvalue weighted by molar-refractivity contribution is -0.165. The quantitative estimate of drug-likeness (QED) is 0.214. The van der Waals surface area contributed by atoms with Crippen molar-refractivity contribution >= 4 is 34.3 Å². The van der Waals surface area contributed by atoms with Crippen LogP contribution in [0.15, 0.2) is 84.9 Å². The number of fused-ring (bicyclic) bond motifs is 5. The summed E-state index contributed by atoms with van der Waals surface area (Å²) in [6.45, 7) is 3.50. The summed E-state index contributed by atoms with van der Waals surface area (Å²) in [6.07, 6.45) is 0.278. The van der Waals surface area contributed by atoms with Crippen LogP contribution in [0.2, 0.25) is 0 Å². The molecule has 5 atom stereocenters. The van der Waals surface area contributed by atoms with Crippen molar-refractivity contribution in [2.75, 3.05) is 13.2 Å². The zero-order valence-electron chi connectivity index (χ0n) is 25.1. The van der Waals surface area contributed by atoms with E-state index in [0.717, 1.165) is 21.9 Å². The van der Waals surface area contributed by atoms with Crippen LogP contribution in [0.1, 0.15) is 59.9 Å². The van der Waals surface area contributed by atoms with E-state index >= 15 is 4.79 Å². The van der Waals surface area contributed by atoms with Crippen molar-refractivity contribution in [3.05, 3.63) is 113 Å². The van der Waals surface area contributed by atoms with Gasteiger partial charge in [-0.25, -0.2) is 0 Å². The molecule has 5 aliphatic rings. The molecule has 4 aliphatic carbocycles. The van der Waals surface area contributed by atoms with Crippen LogP contribution >= 0.6 is 0 Å². The fourth-order valence-corrected chi connectivity index (χ4v) is 9.05. The lowest BCUT2D eigenvalue weighted by Crippen LogP contribution is -2.66. The van der Waals surface area contributed by atoms with Crippen molar-refractivity contribution in [1.82, 2.24) is 0 Å². The van der Waals surface area contributed by atoms with Crippen molar-refractivity contribution in [2.45, 2.75) is 49.5 Å². The fourth-order valence-electron chi connectivity index (χ4n) is 9.05. The van der Waals surface area contributed by atoms with E-state index in [-0.39, 0.29) is 37.6 Å². The van der Waals surface area contributed by atoms with E-state index in [4.69, 9.17) is 14.2 Å². The normalized spacial score (nSPS) is 27.0. The number of benzene rings is 4. The van der Waals surface area contributed by atoms with Gasteiger partial charge >= 0.3 is 11.9 Å². The molecule has 4 aromatic carbocycles. The highest BCUT2D eigenvalue weighted by Gasteiger charge is 2.76. The molecule has 7 nitrogen and oxygen atoms in total. The molecule has 0 unspecified atom stereocenters. The lowest BCUT2D eigenvalue weighted by atomic mass is 9.50. The smallest absolute Gasteiger partial charge is 0.320 e. The van der Waals surface area contributed by atoms with Crippen LogP contribution < -0.4 is 4.74 Å². The van der Waals surface area contributed by atoms with Crippen molar-refractivity contribution in [2.24, 2.45) is 11.8 Å². The van der Waals surface area contributed by atoms with Gasteiger partial charge in [0.2, 0.25) is 5.60 Å². The molecule has 0 saturated heterocycles. The minimum atomic E-state index is -1.62. The number of hydrogen-bond acceptors (Lipinski definition) is 7. The Bertz CT molecular complexity index is 1930. The number of carbonyl (C=O) groups excluding carboxylic acids is 4. The molecule has 2 spiro atoms. The van der Waals surface area contributed by atoms with Crippen LogP contribution in [-0.4, -0.2) is 36.7 Å². The first-order valence-corrected chi connectivity index (χ1v) is 15.7. The fraction of sp³-hybridized carbons (Fsp3) is 0.316. The largest absolute Gasteiger partial charge is 0.473 e. The van der Waals surface area contributed by atoms with Gasteiger partial charge in [0.25, 0.3) is 0 Å². The van der Waals surface area contributed by atoms with Crippen LogP contribution in [0.3, 0.4) is 0 Å². The van der Waals surface area contributed by atoms with Crippen molar-refractivity contribution < 1.29 is 33.4 Å². The predicted octanol–water partition coefficient (Wildman–Crippen LogP) is 5.70. The Morgan fingerprint density at radius 3 is 2.20 bits per heavy atom. The number of ketones is 2. The van der Waals surface area contributed by atoms with Gasteiger partial charge < -0.3 is 14.2 Å². The van der Waals surface area contributed by atoms with Gasteiger partial charge in [-0.3, -0.25) is 19.2 Å². The molecule has 7 heteroatoms. The Balaban J connectivity index is 1.50. The van der Waals surface area contributed by atoms with Crippen molar-refractivity contribution in [3.8, 4) is 5.75 Å². The molecule has 0 N–H and O–H groups in total. The standard InChI is InChI=1S/C38H32O7/c1-3-43-35(41)33(36(42)44-4-2)31-24-14-8-9-15-27(24)37-20-26-22-12-6-5-11-21(22)17-18-29(26)45-38(37)28-16-10-7-13-23(28)25(19-30(38)39)32(31)34(37)40/h5-18,25,31-33H,3-4,19-20H2,1-2H3/t25-,31-,32+,37-,38+/m0/s1. The molecule has 1 saturated carbocycles. The second-order valence-electron chi connectivity index (χ2n) is 12.4. The van der Waals surface area contributed by atoms with Crippen molar-refractivity contribution in [3.63, 3.8) is 0 Å². The van der Waals surface area contributed by atoms with E-state index in [1.807, 2.05) is 84.9 Å². The first-order valence-electron chi connectivity index (χ1n) is 15.7. The molecule has 0 aromatic heterocycles. The maximum atomic E-state index is 15.7. The highest BCUT2D eigenvalue weighted by molar-refractivity contribution is 6.11. The van der Waals surface area contributed by atoms with Gasteiger partial charge in [-0.05, 0) is 53.8 Å². The molecule has 0 radical (unpaired) electrons. The summed E-state index contributed by atoms with van der Waals surface area (Å²) < 4.78 is 18.0. The molecular weight excluding hydrogens is 568 g/mol. The van der Waals surface area contributed by atoms with E-state index in [0.29, 0.717) is 22.4 Å². The summed E-state index contributed by atoms with van der Waals surface area (Å²) in [6, 6.07) is 27.0. The average Bonchev–Trinajstić information content (AvgIpc) is 3.15. The molecule has 4 bridgehead atoms. The van der Waals surface area contributed by atoms with Crippen LogP contribution in [0.25, 0.3) is 10.8 Å².